The minimum atomic E-state index is -1.27. The van der Waals surface area contributed by atoms with Crippen molar-refractivity contribution in [1.29, 1.82) is 0 Å². The molecule has 1 N–H and O–H groups in total. The van der Waals surface area contributed by atoms with Crippen LogP contribution in [0.3, 0.4) is 0 Å². The Morgan fingerprint density at radius 3 is 2.55 bits per heavy atom. The van der Waals surface area contributed by atoms with Crippen LogP contribution in [-0.4, -0.2) is 54.0 Å². The van der Waals surface area contributed by atoms with Crippen LogP contribution in [0.1, 0.15) is 30.9 Å². The summed E-state index contributed by atoms with van der Waals surface area (Å²) in [6.07, 6.45) is 1.89. The molecule has 120 valence electrons. The maximum Gasteiger partial charge on any atom is 0.256 e. The second-order valence-corrected chi connectivity index (χ2v) is 6.77. The average Bonchev–Trinajstić information content (AvgIpc) is 2.87. The molecule has 4 nitrogen and oxygen atoms in total. The van der Waals surface area contributed by atoms with Crippen molar-refractivity contribution >= 4 is 5.91 Å². The zero-order valence-corrected chi connectivity index (χ0v) is 13.0. The molecule has 0 bridgehead atoms. The van der Waals surface area contributed by atoms with Gasteiger partial charge in [0.1, 0.15) is 5.82 Å². The van der Waals surface area contributed by atoms with Gasteiger partial charge in [0.25, 0.3) is 5.91 Å². The van der Waals surface area contributed by atoms with Crippen molar-refractivity contribution in [3.8, 4) is 0 Å². The Bertz CT molecular complexity index is 555. The van der Waals surface area contributed by atoms with E-state index >= 15 is 0 Å². The zero-order chi connectivity index (χ0) is 15.7. The highest BCUT2D eigenvalue weighted by molar-refractivity contribution is 5.82. The maximum atomic E-state index is 13.2. The number of likely N-dealkylation sites (tertiary alicyclic amines) is 2. The fourth-order valence-corrected chi connectivity index (χ4v) is 3.76. The van der Waals surface area contributed by atoms with E-state index in [1.807, 2.05) is 0 Å². The summed E-state index contributed by atoms with van der Waals surface area (Å²) in [7, 11) is 2.14. The monoisotopic (exact) mass is 306 g/mol. The molecule has 5 heteroatoms. The molecule has 1 aromatic rings. The van der Waals surface area contributed by atoms with Crippen LogP contribution in [0.4, 0.5) is 4.39 Å². The molecule has 0 saturated carbocycles. The van der Waals surface area contributed by atoms with Gasteiger partial charge >= 0.3 is 0 Å². The number of carbonyl (C=O) groups is 1. The van der Waals surface area contributed by atoms with Crippen molar-refractivity contribution in [2.24, 2.45) is 5.41 Å². The molecule has 1 aromatic carbocycles. The Morgan fingerprint density at radius 1 is 1.27 bits per heavy atom. The van der Waals surface area contributed by atoms with Crippen molar-refractivity contribution in [3.05, 3.63) is 35.6 Å². The Balaban J connectivity index is 1.62. The lowest BCUT2D eigenvalue weighted by Gasteiger charge is -2.39. The van der Waals surface area contributed by atoms with E-state index < -0.39 is 11.9 Å². The number of carbonyl (C=O) groups excluding carboxylic acids is 1. The summed E-state index contributed by atoms with van der Waals surface area (Å²) < 4.78 is 13.2. The van der Waals surface area contributed by atoms with Crippen molar-refractivity contribution in [2.45, 2.75) is 25.4 Å². The van der Waals surface area contributed by atoms with E-state index in [9.17, 15) is 14.3 Å². The normalized spacial score (nSPS) is 23.0. The van der Waals surface area contributed by atoms with Gasteiger partial charge in [0.2, 0.25) is 0 Å². The van der Waals surface area contributed by atoms with Gasteiger partial charge in [0.15, 0.2) is 6.10 Å². The largest absolute Gasteiger partial charge is 0.378 e. The van der Waals surface area contributed by atoms with E-state index in [1.165, 1.54) is 24.6 Å². The zero-order valence-electron chi connectivity index (χ0n) is 13.0. The van der Waals surface area contributed by atoms with Gasteiger partial charge in [-0.3, -0.25) is 4.79 Å². The third kappa shape index (κ3) is 3.01. The van der Waals surface area contributed by atoms with E-state index in [4.69, 9.17) is 0 Å². The number of aliphatic hydroxyl groups is 1. The maximum absolute atomic E-state index is 13.2. The molecule has 1 spiro atoms. The Labute approximate surface area is 130 Å². The summed E-state index contributed by atoms with van der Waals surface area (Å²) in [5, 5.41) is 10.2. The standard InChI is InChI=1S/C17H23FN2O2/c1-19-8-5-17(12-19)6-9-20(10-7-17)16(22)15(21)13-3-2-4-14(18)11-13/h2-4,11,15,21H,5-10,12H2,1H3/t15-/m1/s1. The summed E-state index contributed by atoms with van der Waals surface area (Å²) in [6.45, 7) is 3.58. The molecular formula is C17H23FN2O2. The quantitative estimate of drug-likeness (QED) is 0.906. The van der Waals surface area contributed by atoms with Gasteiger partial charge < -0.3 is 14.9 Å². The first-order chi connectivity index (χ1) is 10.5. The Hall–Kier alpha value is -1.46. The van der Waals surface area contributed by atoms with E-state index in [0.717, 1.165) is 25.9 Å². The lowest BCUT2D eigenvalue weighted by Crippen LogP contribution is -2.45. The van der Waals surface area contributed by atoms with Crippen molar-refractivity contribution < 1.29 is 14.3 Å². The highest BCUT2D eigenvalue weighted by Gasteiger charge is 2.40. The summed E-state index contributed by atoms with van der Waals surface area (Å²) in [5.41, 5.74) is 0.667. The molecule has 0 radical (unpaired) electrons. The molecule has 2 heterocycles. The van der Waals surface area contributed by atoms with Crippen LogP contribution in [0.5, 0.6) is 0 Å². The van der Waals surface area contributed by atoms with E-state index in [0.29, 0.717) is 24.1 Å². The van der Waals surface area contributed by atoms with Gasteiger partial charge in [-0.2, -0.15) is 0 Å². The minimum absolute atomic E-state index is 0.313. The van der Waals surface area contributed by atoms with Gasteiger partial charge in [-0.1, -0.05) is 12.1 Å². The SMILES string of the molecule is CN1CCC2(CCN(C(=O)[C@H](O)c3cccc(F)c3)CC2)C1. The van der Waals surface area contributed by atoms with Crippen LogP contribution in [0.2, 0.25) is 0 Å². The van der Waals surface area contributed by atoms with Gasteiger partial charge in [-0.05, 0) is 56.0 Å². The molecule has 1 atom stereocenters. The number of benzene rings is 1. The third-order valence-electron chi connectivity index (χ3n) is 5.16. The molecule has 22 heavy (non-hydrogen) atoms. The number of aliphatic hydroxyl groups excluding tert-OH is 1. The van der Waals surface area contributed by atoms with Crippen LogP contribution in [0.25, 0.3) is 0 Å². The molecule has 0 unspecified atom stereocenters. The van der Waals surface area contributed by atoms with Gasteiger partial charge in [-0.15, -0.1) is 0 Å². The number of rotatable bonds is 2. The number of amides is 1. The van der Waals surface area contributed by atoms with Gasteiger partial charge in [0.05, 0.1) is 0 Å². The van der Waals surface area contributed by atoms with Crippen LogP contribution in [0.15, 0.2) is 24.3 Å². The number of hydrogen-bond acceptors (Lipinski definition) is 3. The van der Waals surface area contributed by atoms with E-state index in [1.54, 1.807) is 11.0 Å². The van der Waals surface area contributed by atoms with Gasteiger partial charge in [0, 0.05) is 19.6 Å². The molecular weight excluding hydrogens is 283 g/mol. The first kappa shape index (κ1) is 15.4. The first-order valence-corrected chi connectivity index (χ1v) is 7.90. The predicted molar refractivity (Wildman–Crippen MR) is 81.7 cm³/mol. The van der Waals surface area contributed by atoms with Crippen LogP contribution >= 0.6 is 0 Å². The lowest BCUT2D eigenvalue weighted by molar-refractivity contribution is -0.142. The van der Waals surface area contributed by atoms with Crippen molar-refractivity contribution in [3.63, 3.8) is 0 Å². The molecule has 2 aliphatic rings. The fraction of sp³-hybridized carbons (Fsp3) is 0.588. The summed E-state index contributed by atoms with van der Waals surface area (Å²) in [5.74, 6) is -0.747. The molecule has 0 aromatic heterocycles. The fourth-order valence-electron chi connectivity index (χ4n) is 3.76. The highest BCUT2D eigenvalue weighted by Crippen LogP contribution is 2.40. The van der Waals surface area contributed by atoms with Crippen LogP contribution in [0, 0.1) is 11.2 Å². The first-order valence-electron chi connectivity index (χ1n) is 7.90. The number of nitrogens with zero attached hydrogens (tertiary/aromatic N) is 2. The third-order valence-corrected chi connectivity index (χ3v) is 5.16. The van der Waals surface area contributed by atoms with Crippen LogP contribution < -0.4 is 0 Å². The molecule has 3 rings (SSSR count). The number of hydrogen-bond donors (Lipinski definition) is 1. The topological polar surface area (TPSA) is 43.8 Å². The summed E-state index contributed by atoms with van der Waals surface area (Å²) in [4.78, 5) is 16.5. The predicted octanol–water partition coefficient (Wildman–Crippen LogP) is 1.80. The lowest BCUT2D eigenvalue weighted by atomic mass is 9.77. The second-order valence-electron chi connectivity index (χ2n) is 6.77. The molecule has 2 fully saturated rings. The van der Waals surface area contributed by atoms with Gasteiger partial charge in [-0.25, -0.2) is 4.39 Å². The highest BCUT2D eigenvalue weighted by atomic mass is 19.1. The second kappa shape index (κ2) is 5.97. The smallest absolute Gasteiger partial charge is 0.256 e. The molecule has 0 aliphatic carbocycles. The van der Waals surface area contributed by atoms with E-state index in [-0.39, 0.29) is 5.91 Å². The molecule has 1 amide bonds. The summed E-state index contributed by atoms with van der Waals surface area (Å²) >= 11 is 0. The van der Waals surface area contributed by atoms with Crippen molar-refractivity contribution in [1.82, 2.24) is 9.80 Å². The minimum Gasteiger partial charge on any atom is -0.378 e. The van der Waals surface area contributed by atoms with E-state index in [2.05, 4.69) is 11.9 Å². The average molecular weight is 306 g/mol. The van der Waals surface area contributed by atoms with Crippen LogP contribution in [-0.2, 0) is 4.79 Å². The Kier molecular flexibility index (Phi) is 4.19. The molecule has 2 aliphatic heterocycles. The summed E-state index contributed by atoms with van der Waals surface area (Å²) in [6, 6.07) is 5.63. The number of halogens is 1. The molecule has 2 saturated heterocycles. The Morgan fingerprint density at radius 2 is 1.95 bits per heavy atom. The van der Waals surface area contributed by atoms with Crippen molar-refractivity contribution in [2.75, 3.05) is 33.2 Å². The number of piperidine rings is 1.